The Morgan fingerprint density at radius 1 is 0.966 bits per heavy atom. The molecule has 2 aromatic rings. The van der Waals surface area contributed by atoms with Gasteiger partial charge in [0, 0.05) is 26.2 Å². The molecule has 156 valence electrons. The van der Waals surface area contributed by atoms with E-state index in [2.05, 4.69) is 18.0 Å². The van der Waals surface area contributed by atoms with Gasteiger partial charge in [-0.1, -0.05) is 42.5 Å². The van der Waals surface area contributed by atoms with Crippen LogP contribution in [0.4, 0.5) is 9.18 Å². The van der Waals surface area contributed by atoms with Crippen LogP contribution in [0, 0.1) is 17.7 Å². The zero-order valence-electron chi connectivity index (χ0n) is 17.1. The fourth-order valence-corrected chi connectivity index (χ4v) is 4.54. The maximum absolute atomic E-state index is 11.9. The van der Waals surface area contributed by atoms with Crippen molar-refractivity contribution in [3.63, 3.8) is 0 Å². The highest BCUT2D eigenvalue weighted by molar-refractivity contribution is 5.65. The molecule has 1 saturated heterocycles. The van der Waals surface area contributed by atoms with Gasteiger partial charge < -0.3 is 14.9 Å². The third-order valence-corrected chi connectivity index (χ3v) is 5.92. The molecule has 0 radical (unpaired) electrons. The van der Waals surface area contributed by atoms with E-state index in [-0.39, 0.29) is 5.82 Å². The molecular weight excluding hydrogens is 367 g/mol. The monoisotopic (exact) mass is 398 g/mol. The minimum absolute atomic E-state index is 0.178. The molecule has 2 aliphatic heterocycles. The highest BCUT2D eigenvalue weighted by atomic mass is 19.1. The van der Waals surface area contributed by atoms with Gasteiger partial charge in [0.2, 0.25) is 0 Å². The summed E-state index contributed by atoms with van der Waals surface area (Å²) in [4.78, 5) is 14.6. The third kappa shape index (κ3) is 6.57. The van der Waals surface area contributed by atoms with E-state index in [1.165, 1.54) is 54.9 Å². The van der Waals surface area contributed by atoms with E-state index in [0.717, 1.165) is 23.8 Å². The number of nitrogens with zero attached hydrogens (tertiary/aromatic N) is 2. The number of piperidine rings is 1. The van der Waals surface area contributed by atoms with Crippen LogP contribution in [-0.4, -0.2) is 47.7 Å². The molecule has 5 heteroatoms. The Hall–Kier alpha value is -2.40. The second kappa shape index (κ2) is 10.4. The van der Waals surface area contributed by atoms with Gasteiger partial charge in [-0.25, -0.2) is 9.18 Å². The molecule has 1 amide bonds. The van der Waals surface area contributed by atoms with Crippen LogP contribution in [0.15, 0.2) is 54.6 Å². The highest BCUT2D eigenvalue weighted by Gasteiger charge is 2.30. The molecule has 2 unspecified atom stereocenters. The van der Waals surface area contributed by atoms with Crippen molar-refractivity contribution in [3.8, 4) is 0 Å². The minimum Gasteiger partial charge on any atom is -0.465 e. The molecule has 5 rings (SSSR count). The number of hydrogen-bond acceptors (Lipinski definition) is 2. The summed E-state index contributed by atoms with van der Waals surface area (Å²) in [5, 5.41) is 8.79. The van der Waals surface area contributed by atoms with Gasteiger partial charge in [0.15, 0.2) is 0 Å². The van der Waals surface area contributed by atoms with Crippen LogP contribution >= 0.6 is 0 Å². The van der Waals surface area contributed by atoms with Gasteiger partial charge in [-0.3, -0.25) is 0 Å². The lowest BCUT2D eigenvalue weighted by Gasteiger charge is -2.27. The average Bonchev–Trinajstić information content (AvgIpc) is 3.07. The fourth-order valence-electron chi connectivity index (χ4n) is 4.54. The molecule has 3 aliphatic rings. The van der Waals surface area contributed by atoms with Crippen LogP contribution in [0.2, 0.25) is 0 Å². The van der Waals surface area contributed by atoms with E-state index in [9.17, 15) is 9.18 Å². The van der Waals surface area contributed by atoms with Crippen molar-refractivity contribution in [3.05, 3.63) is 71.5 Å². The largest absolute Gasteiger partial charge is 0.465 e. The quantitative estimate of drug-likeness (QED) is 0.687. The van der Waals surface area contributed by atoms with Gasteiger partial charge in [-0.15, -0.1) is 0 Å². The number of rotatable bonds is 0. The second-order valence-corrected chi connectivity index (χ2v) is 8.28. The van der Waals surface area contributed by atoms with Crippen molar-refractivity contribution in [2.24, 2.45) is 11.8 Å². The lowest BCUT2D eigenvalue weighted by molar-refractivity contribution is 0.140. The molecule has 1 aliphatic carbocycles. The Labute approximate surface area is 173 Å². The van der Waals surface area contributed by atoms with Crippen molar-refractivity contribution in [2.45, 2.75) is 32.2 Å². The Bertz CT molecular complexity index is 771. The lowest BCUT2D eigenvalue weighted by atomic mass is 10.00. The first-order valence-corrected chi connectivity index (χ1v) is 10.4. The maximum atomic E-state index is 11.9. The Balaban J connectivity index is 0.000000131. The van der Waals surface area contributed by atoms with Gasteiger partial charge >= 0.3 is 6.09 Å². The predicted octanol–water partition coefficient (Wildman–Crippen LogP) is 4.90. The fraction of sp³-hybridized carbons (Fsp3) is 0.458. The lowest BCUT2D eigenvalue weighted by Crippen LogP contribution is -2.34. The van der Waals surface area contributed by atoms with Crippen molar-refractivity contribution < 1.29 is 14.3 Å². The van der Waals surface area contributed by atoms with Gasteiger partial charge in [-0.2, -0.15) is 0 Å². The molecule has 2 atom stereocenters. The Morgan fingerprint density at radius 3 is 2.10 bits per heavy atom. The summed E-state index contributed by atoms with van der Waals surface area (Å²) in [7, 11) is 2.25. The summed E-state index contributed by atoms with van der Waals surface area (Å²) in [6, 6.07) is 15.9. The number of amides is 1. The summed E-state index contributed by atoms with van der Waals surface area (Å²) in [6.45, 7) is 3.89. The van der Waals surface area contributed by atoms with Crippen molar-refractivity contribution in [2.75, 3.05) is 26.7 Å². The van der Waals surface area contributed by atoms with Crippen LogP contribution in [0.5, 0.6) is 0 Å². The molecule has 2 aromatic carbocycles. The van der Waals surface area contributed by atoms with Crippen LogP contribution < -0.4 is 0 Å². The molecule has 1 N–H and O–H groups in total. The number of carbonyl (C=O) groups is 1. The van der Waals surface area contributed by atoms with E-state index in [1.807, 2.05) is 18.2 Å². The number of likely N-dealkylation sites (tertiary alicyclic amines) is 1. The van der Waals surface area contributed by atoms with Crippen LogP contribution in [0.25, 0.3) is 0 Å². The van der Waals surface area contributed by atoms with Crippen LogP contribution in [0.3, 0.4) is 0 Å². The van der Waals surface area contributed by atoms with Crippen molar-refractivity contribution in [1.29, 1.82) is 0 Å². The molecule has 1 saturated carbocycles. The van der Waals surface area contributed by atoms with Crippen molar-refractivity contribution >= 4 is 6.09 Å². The third-order valence-electron chi connectivity index (χ3n) is 5.92. The molecule has 29 heavy (non-hydrogen) atoms. The molecule has 2 heterocycles. The zero-order valence-corrected chi connectivity index (χ0v) is 17.1. The smallest absolute Gasteiger partial charge is 0.407 e. The molecule has 2 fully saturated rings. The second-order valence-electron chi connectivity index (χ2n) is 8.28. The molecule has 0 aromatic heterocycles. The SMILES string of the molecule is CN1CC2CCC(C2)C1.Fc1ccccc1.O=C(O)N1CCc2ccccc2C1. The first kappa shape index (κ1) is 21.3. The molecule has 4 nitrogen and oxygen atoms in total. The minimum atomic E-state index is -0.825. The topological polar surface area (TPSA) is 43.8 Å². The predicted molar refractivity (Wildman–Crippen MR) is 113 cm³/mol. The summed E-state index contributed by atoms with van der Waals surface area (Å²) in [5.74, 6) is 1.95. The normalized spacial score (nSPS) is 22.5. The van der Waals surface area contributed by atoms with E-state index >= 15 is 0 Å². The van der Waals surface area contributed by atoms with Gasteiger partial charge in [0.25, 0.3) is 0 Å². The molecule has 0 spiro atoms. The van der Waals surface area contributed by atoms with Gasteiger partial charge in [-0.05, 0) is 67.8 Å². The summed E-state index contributed by atoms with van der Waals surface area (Å²) in [5.41, 5.74) is 2.41. The summed E-state index contributed by atoms with van der Waals surface area (Å²) in [6.07, 6.45) is 4.56. The van der Waals surface area contributed by atoms with Crippen LogP contribution in [0.1, 0.15) is 30.4 Å². The highest BCUT2D eigenvalue weighted by Crippen LogP contribution is 2.35. The number of carboxylic acid groups (broad SMARTS) is 1. The van der Waals surface area contributed by atoms with Crippen molar-refractivity contribution in [1.82, 2.24) is 9.80 Å². The Morgan fingerprint density at radius 2 is 1.55 bits per heavy atom. The van der Waals surface area contributed by atoms with E-state index in [4.69, 9.17) is 5.11 Å². The van der Waals surface area contributed by atoms with Gasteiger partial charge in [0.1, 0.15) is 5.82 Å². The maximum Gasteiger partial charge on any atom is 0.407 e. The first-order chi connectivity index (χ1) is 14.0. The summed E-state index contributed by atoms with van der Waals surface area (Å²) >= 11 is 0. The van der Waals surface area contributed by atoms with Gasteiger partial charge in [0.05, 0.1) is 0 Å². The number of fused-ring (bicyclic) bond motifs is 3. The summed E-state index contributed by atoms with van der Waals surface area (Å²) < 4.78 is 11.9. The van der Waals surface area contributed by atoms with E-state index in [0.29, 0.717) is 13.1 Å². The number of benzene rings is 2. The Kier molecular flexibility index (Phi) is 7.64. The molecular formula is C24H31FN2O2. The molecule has 2 bridgehead atoms. The number of halogens is 1. The first-order valence-electron chi connectivity index (χ1n) is 10.4. The zero-order chi connectivity index (χ0) is 20.6. The van der Waals surface area contributed by atoms with E-state index < -0.39 is 6.09 Å². The average molecular weight is 399 g/mol. The van der Waals surface area contributed by atoms with E-state index in [1.54, 1.807) is 18.2 Å². The standard InChI is InChI=1S/C10H11NO2.C8H15N.C6H5F/c12-10(13)11-6-5-8-3-1-2-4-9(8)7-11;1-9-5-7-2-3-8(4-7)6-9;7-6-4-2-1-3-5-6/h1-4H,5-7H2,(H,12,13);7-8H,2-6H2,1H3;1-5H. The van der Waals surface area contributed by atoms with Crippen LogP contribution in [-0.2, 0) is 13.0 Å². The number of hydrogen-bond donors (Lipinski definition) is 1.